The first-order valence-electron chi connectivity index (χ1n) is 11.4. The number of nitrogens with zero attached hydrogens (tertiary/aromatic N) is 1. The van der Waals surface area contributed by atoms with E-state index in [0.717, 1.165) is 35.1 Å². The quantitative estimate of drug-likeness (QED) is 0.480. The van der Waals surface area contributed by atoms with Gasteiger partial charge in [-0.1, -0.05) is 98.3 Å². The lowest BCUT2D eigenvalue weighted by atomic mass is 9.82. The van der Waals surface area contributed by atoms with Gasteiger partial charge in [-0.25, -0.2) is 0 Å². The molecule has 1 amide bonds. The van der Waals surface area contributed by atoms with E-state index in [9.17, 15) is 4.79 Å². The first-order chi connectivity index (χ1) is 15.6. The second-order valence-corrected chi connectivity index (χ2v) is 8.86. The fourth-order valence-corrected chi connectivity index (χ4v) is 5.22. The molecule has 1 saturated carbocycles. The largest absolute Gasteiger partial charge is 0.343 e. The normalized spacial score (nSPS) is 16.0. The molecule has 0 spiro atoms. The highest BCUT2D eigenvalue weighted by molar-refractivity contribution is 6.00. The molecule has 1 atom stereocenters. The zero-order valence-corrected chi connectivity index (χ0v) is 19.1. The van der Waals surface area contributed by atoms with E-state index in [2.05, 4.69) is 73.4 Å². The average Bonchev–Trinajstić information content (AvgIpc) is 3.34. The SMILES string of the molecule is C=Cc1c(C(=O)NC(c2ccccc2)C2(N(C)C)CCCC2)cccc1-c1ccccc1. The van der Waals surface area contributed by atoms with Crippen LogP contribution in [0.25, 0.3) is 17.2 Å². The van der Waals surface area contributed by atoms with Crippen molar-refractivity contribution in [3.05, 3.63) is 102 Å². The molecule has 1 N–H and O–H groups in total. The molecule has 3 nitrogen and oxygen atoms in total. The molecule has 1 aliphatic rings. The van der Waals surface area contributed by atoms with Crippen LogP contribution in [-0.2, 0) is 0 Å². The molecule has 3 heteroatoms. The highest BCUT2D eigenvalue weighted by Crippen LogP contribution is 2.43. The lowest BCUT2D eigenvalue weighted by Crippen LogP contribution is -2.53. The van der Waals surface area contributed by atoms with Crippen molar-refractivity contribution in [1.82, 2.24) is 10.2 Å². The first kappa shape index (κ1) is 22.0. The number of benzene rings is 3. The number of amides is 1. The summed E-state index contributed by atoms with van der Waals surface area (Å²) in [5.41, 5.74) is 4.69. The molecule has 4 rings (SSSR count). The lowest BCUT2D eigenvalue weighted by molar-refractivity contribution is 0.0766. The van der Waals surface area contributed by atoms with E-state index < -0.39 is 0 Å². The van der Waals surface area contributed by atoms with Crippen LogP contribution in [0.3, 0.4) is 0 Å². The predicted molar refractivity (Wildman–Crippen MR) is 134 cm³/mol. The van der Waals surface area contributed by atoms with Crippen LogP contribution >= 0.6 is 0 Å². The number of nitrogens with one attached hydrogen (secondary N) is 1. The summed E-state index contributed by atoms with van der Waals surface area (Å²) in [5, 5.41) is 3.44. The van der Waals surface area contributed by atoms with Crippen molar-refractivity contribution >= 4 is 12.0 Å². The molecule has 0 radical (unpaired) electrons. The minimum atomic E-state index is -0.0948. The Balaban J connectivity index is 1.74. The van der Waals surface area contributed by atoms with E-state index in [-0.39, 0.29) is 17.5 Å². The Hall–Kier alpha value is -3.17. The zero-order valence-electron chi connectivity index (χ0n) is 19.1. The van der Waals surface area contributed by atoms with Crippen LogP contribution in [0.15, 0.2) is 85.4 Å². The van der Waals surface area contributed by atoms with Gasteiger partial charge in [-0.2, -0.15) is 0 Å². The third-order valence-electron chi connectivity index (χ3n) is 6.95. The van der Waals surface area contributed by atoms with Gasteiger partial charge in [0.2, 0.25) is 0 Å². The lowest BCUT2D eigenvalue weighted by Gasteiger charge is -2.44. The van der Waals surface area contributed by atoms with Crippen LogP contribution in [0.1, 0.15) is 53.2 Å². The fourth-order valence-electron chi connectivity index (χ4n) is 5.22. The second-order valence-electron chi connectivity index (χ2n) is 8.86. The Morgan fingerprint density at radius 1 is 0.938 bits per heavy atom. The molecular formula is C29H32N2O. The van der Waals surface area contributed by atoms with Gasteiger partial charge in [0.05, 0.1) is 6.04 Å². The van der Waals surface area contributed by atoms with Crippen LogP contribution in [0.2, 0.25) is 0 Å². The second kappa shape index (κ2) is 9.54. The van der Waals surface area contributed by atoms with Gasteiger partial charge in [0, 0.05) is 11.1 Å². The van der Waals surface area contributed by atoms with Crippen molar-refractivity contribution in [3.8, 4) is 11.1 Å². The van der Waals surface area contributed by atoms with E-state index in [0.29, 0.717) is 5.56 Å². The molecule has 0 aliphatic heterocycles. The van der Waals surface area contributed by atoms with Crippen molar-refractivity contribution in [2.75, 3.05) is 14.1 Å². The summed E-state index contributed by atoms with van der Waals surface area (Å²) in [6, 6.07) is 26.4. The van der Waals surface area contributed by atoms with Crippen LogP contribution in [-0.4, -0.2) is 30.4 Å². The molecule has 3 aromatic rings. The molecular weight excluding hydrogens is 392 g/mol. The minimum Gasteiger partial charge on any atom is -0.343 e. The maximum Gasteiger partial charge on any atom is 0.252 e. The smallest absolute Gasteiger partial charge is 0.252 e. The molecule has 0 bridgehead atoms. The summed E-state index contributed by atoms with van der Waals surface area (Å²) in [5.74, 6) is -0.0559. The Labute approximate surface area is 191 Å². The van der Waals surface area contributed by atoms with Gasteiger partial charge in [-0.05, 0) is 55.3 Å². The zero-order chi connectivity index (χ0) is 22.6. The predicted octanol–water partition coefficient (Wildman–Crippen LogP) is 6.34. The van der Waals surface area contributed by atoms with Gasteiger partial charge in [0.25, 0.3) is 5.91 Å². The van der Waals surface area contributed by atoms with Crippen LogP contribution < -0.4 is 5.32 Å². The van der Waals surface area contributed by atoms with Crippen molar-refractivity contribution in [2.24, 2.45) is 0 Å². The average molecular weight is 425 g/mol. The van der Waals surface area contributed by atoms with Gasteiger partial charge in [0.1, 0.15) is 0 Å². The van der Waals surface area contributed by atoms with Gasteiger partial charge < -0.3 is 10.2 Å². The molecule has 164 valence electrons. The summed E-state index contributed by atoms with van der Waals surface area (Å²) in [4.78, 5) is 16.0. The Kier molecular flexibility index (Phi) is 6.57. The van der Waals surface area contributed by atoms with Gasteiger partial charge >= 0.3 is 0 Å². The summed E-state index contributed by atoms with van der Waals surface area (Å²) >= 11 is 0. The maximum atomic E-state index is 13.7. The maximum absolute atomic E-state index is 13.7. The number of carbonyl (C=O) groups excluding carboxylic acids is 1. The fraction of sp³-hybridized carbons (Fsp3) is 0.276. The number of carbonyl (C=O) groups is 1. The van der Waals surface area contributed by atoms with E-state index in [4.69, 9.17) is 0 Å². The Morgan fingerprint density at radius 2 is 1.56 bits per heavy atom. The summed E-state index contributed by atoms with van der Waals surface area (Å²) in [6.45, 7) is 4.03. The summed E-state index contributed by atoms with van der Waals surface area (Å²) < 4.78 is 0. The monoisotopic (exact) mass is 424 g/mol. The molecule has 1 unspecified atom stereocenters. The molecule has 0 saturated heterocycles. The van der Waals surface area contributed by atoms with E-state index in [1.807, 2.05) is 36.4 Å². The van der Waals surface area contributed by atoms with Crippen LogP contribution in [0.4, 0.5) is 0 Å². The van der Waals surface area contributed by atoms with E-state index in [1.54, 1.807) is 6.08 Å². The highest BCUT2D eigenvalue weighted by Gasteiger charge is 2.44. The van der Waals surface area contributed by atoms with Crippen molar-refractivity contribution in [1.29, 1.82) is 0 Å². The van der Waals surface area contributed by atoms with Gasteiger partial charge in [0.15, 0.2) is 0 Å². The van der Waals surface area contributed by atoms with Crippen LogP contribution in [0.5, 0.6) is 0 Å². The van der Waals surface area contributed by atoms with E-state index >= 15 is 0 Å². The van der Waals surface area contributed by atoms with Crippen LogP contribution in [0, 0.1) is 0 Å². The summed E-state index contributed by atoms with van der Waals surface area (Å²) in [7, 11) is 4.28. The molecule has 1 aliphatic carbocycles. The summed E-state index contributed by atoms with van der Waals surface area (Å²) in [6.07, 6.45) is 6.29. The Bertz CT molecular complexity index is 1070. The minimum absolute atomic E-state index is 0.0559. The van der Waals surface area contributed by atoms with Crippen molar-refractivity contribution in [3.63, 3.8) is 0 Å². The number of hydrogen-bond donors (Lipinski definition) is 1. The van der Waals surface area contributed by atoms with Crippen molar-refractivity contribution < 1.29 is 4.79 Å². The van der Waals surface area contributed by atoms with Gasteiger partial charge in [-0.15, -0.1) is 0 Å². The molecule has 0 aromatic heterocycles. The number of likely N-dealkylation sites (N-methyl/N-ethyl adjacent to an activating group) is 1. The van der Waals surface area contributed by atoms with E-state index in [1.165, 1.54) is 12.8 Å². The third-order valence-corrected chi connectivity index (χ3v) is 6.95. The number of rotatable bonds is 7. The number of hydrogen-bond acceptors (Lipinski definition) is 2. The molecule has 3 aromatic carbocycles. The van der Waals surface area contributed by atoms with Gasteiger partial charge in [-0.3, -0.25) is 4.79 Å². The standard InChI is InChI=1S/C29H32N2O/c1-4-24-25(22-14-7-5-8-15-22)18-13-19-26(24)28(32)30-27(23-16-9-6-10-17-23)29(31(2)3)20-11-12-21-29/h4-10,13-19,27H,1,11-12,20-21H2,2-3H3,(H,30,32). The third kappa shape index (κ3) is 4.13. The topological polar surface area (TPSA) is 32.3 Å². The highest BCUT2D eigenvalue weighted by atomic mass is 16.1. The Morgan fingerprint density at radius 3 is 2.16 bits per heavy atom. The molecule has 32 heavy (non-hydrogen) atoms. The first-order valence-corrected chi connectivity index (χ1v) is 11.4. The van der Waals surface area contributed by atoms with Crippen molar-refractivity contribution in [2.45, 2.75) is 37.3 Å². The molecule has 1 fully saturated rings. The molecule has 0 heterocycles.